The Hall–Kier alpha value is -2.10. The molecule has 0 bridgehead atoms. The first-order valence-electron chi connectivity index (χ1n) is 6.03. The maximum Gasteiger partial charge on any atom is 0.130 e. The van der Waals surface area contributed by atoms with Crippen LogP contribution in [0.3, 0.4) is 0 Å². The summed E-state index contributed by atoms with van der Waals surface area (Å²) < 4.78 is 0. The summed E-state index contributed by atoms with van der Waals surface area (Å²) in [6, 6.07) is 12.4. The number of benzene rings is 1. The number of allylic oxidation sites excluding steroid dienone is 1. The molecule has 1 aromatic rings. The summed E-state index contributed by atoms with van der Waals surface area (Å²) in [6.45, 7) is 4.64. The molecule has 1 heterocycles. The minimum Gasteiger partial charge on any atom is -0.295 e. The van der Waals surface area contributed by atoms with E-state index in [1.807, 2.05) is 12.1 Å². The van der Waals surface area contributed by atoms with Gasteiger partial charge >= 0.3 is 0 Å². The fourth-order valence-electron chi connectivity index (χ4n) is 2.31. The molecule has 0 saturated carbocycles. The molecule has 1 fully saturated rings. The number of rotatable bonds is 2. The Morgan fingerprint density at radius 3 is 2.78 bits per heavy atom. The van der Waals surface area contributed by atoms with Gasteiger partial charge in [-0.05, 0) is 24.5 Å². The minimum absolute atomic E-state index is 0.293. The first kappa shape index (κ1) is 12.4. The van der Waals surface area contributed by atoms with Crippen LogP contribution in [0.1, 0.15) is 17.5 Å². The second-order valence-corrected chi connectivity index (χ2v) is 4.65. The number of nitriles is 2. The fraction of sp³-hybridized carbons (Fsp3) is 0.333. The number of aryl methyl sites for hydroxylation is 1. The summed E-state index contributed by atoms with van der Waals surface area (Å²) in [4.78, 5) is 2.28. The lowest BCUT2D eigenvalue weighted by Crippen LogP contribution is -2.18. The average molecular weight is 237 g/mol. The van der Waals surface area contributed by atoms with E-state index >= 15 is 0 Å². The monoisotopic (exact) mass is 237 g/mol. The lowest BCUT2D eigenvalue weighted by atomic mass is 10.1. The average Bonchev–Trinajstić information content (AvgIpc) is 2.79. The molecule has 18 heavy (non-hydrogen) atoms. The third kappa shape index (κ3) is 2.77. The highest BCUT2D eigenvalue weighted by Gasteiger charge is 2.19. The van der Waals surface area contributed by atoms with Crippen LogP contribution in [0.4, 0.5) is 0 Å². The standard InChI is InChI=1S/C15H15N3/c1-12-3-2-4-13(7-12)10-18-6-5-14(11-18)15(8-16)9-17/h2-4,7H,5-6,10-11H2,1H3. The van der Waals surface area contributed by atoms with Crippen molar-refractivity contribution < 1.29 is 0 Å². The van der Waals surface area contributed by atoms with Crippen LogP contribution >= 0.6 is 0 Å². The molecule has 1 aliphatic heterocycles. The molecule has 0 spiro atoms. The van der Waals surface area contributed by atoms with Crippen molar-refractivity contribution in [3.8, 4) is 12.1 Å². The normalized spacial score (nSPS) is 15.2. The Morgan fingerprint density at radius 2 is 2.11 bits per heavy atom. The number of hydrogen-bond acceptors (Lipinski definition) is 3. The quantitative estimate of drug-likeness (QED) is 0.743. The van der Waals surface area contributed by atoms with Crippen molar-refractivity contribution in [1.29, 1.82) is 10.5 Å². The zero-order valence-electron chi connectivity index (χ0n) is 10.5. The van der Waals surface area contributed by atoms with E-state index in [2.05, 4.69) is 36.1 Å². The van der Waals surface area contributed by atoms with Crippen LogP contribution in [-0.4, -0.2) is 18.0 Å². The van der Waals surface area contributed by atoms with E-state index in [9.17, 15) is 0 Å². The number of hydrogen-bond donors (Lipinski definition) is 0. The van der Waals surface area contributed by atoms with Crippen LogP contribution < -0.4 is 0 Å². The summed E-state index contributed by atoms with van der Waals surface area (Å²) in [5.74, 6) is 0. The molecule has 1 aliphatic rings. The largest absolute Gasteiger partial charge is 0.295 e. The van der Waals surface area contributed by atoms with Crippen molar-refractivity contribution in [2.24, 2.45) is 0 Å². The van der Waals surface area contributed by atoms with Gasteiger partial charge in [0.1, 0.15) is 17.7 Å². The maximum absolute atomic E-state index is 8.85. The van der Waals surface area contributed by atoms with Crippen molar-refractivity contribution in [1.82, 2.24) is 4.90 Å². The van der Waals surface area contributed by atoms with Crippen LogP contribution in [0.5, 0.6) is 0 Å². The second kappa shape index (κ2) is 5.49. The third-order valence-electron chi connectivity index (χ3n) is 3.21. The lowest BCUT2D eigenvalue weighted by Gasteiger charge is -2.14. The predicted octanol–water partition coefficient (Wildman–Crippen LogP) is 2.54. The summed E-state index contributed by atoms with van der Waals surface area (Å²) >= 11 is 0. The van der Waals surface area contributed by atoms with Gasteiger partial charge in [-0.25, -0.2) is 0 Å². The molecule has 0 aromatic heterocycles. The zero-order valence-corrected chi connectivity index (χ0v) is 10.5. The van der Waals surface area contributed by atoms with Gasteiger partial charge < -0.3 is 0 Å². The zero-order chi connectivity index (χ0) is 13.0. The summed E-state index contributed by atoms with van der Waals surface area (Å²) in [5, 5.41) is 17.7. The molecule has 2 rings (SSSR count). The molecule has 1 aromatic carbocycles. The molecule has 3 heteroatoms. The van der Waals surface area contributed by atoms with Crippen molar-refractivity contribution >= 4 is 0 Å². The SMILES string of the molecule is Cc1cccc(CN2CCC(=C(C#N)C#N)C2)c1. The summed E-state index contributed by atoms with van der Waals surface area (Å²) in [5.41, 5.74) is 3.82. The Morgan fingerprint density at radius 1 is 1.33 bits per heavy atom. The van der Waals surface area contributed by atoms with E-state index in [4.69, 9.17) is 10.5 Å². The van der Waals surface area contributed by atoms with Crippen LogP contribution in [0, 0.1) is 29.6 Å². The van der Waals surface area contributed by atoms with E-state index in [-0.39, 0.29) is 0 Å². The van der Waals surface area contributed by atoms with Gasteiger partial charge in [0.05, 0.1) is 0 Å². The van der Waals surface area contributed by atoms with Gasteiger partial charge in [0, 0.05) is 19.6 Å². The topological polar surface area (TPSA) is 50.8 Å². The number of likely N-dealkylation sites (tertiary alicyclic amines) is 1. The van der Waals surface area contributed by atoms with Crippen molar-refractivity contribution in [3.63, 3.8) is 0 Å². The molecule has 3 nitrogen and oxygen atoms in total. The number of nitrogens with zero attached hydrogens (tertiary/aromatic N) is 3. The van der Waals surface area contributed by atoms with E-state index in [1.165, 1.54) is 11.1 Å². The Bertz CT molecular complexity index is 542. The highest BCUT2D eigenvalue weighted by molar-refractivity contribution is 5.41. The van der Waals surface area contributed by atoms with Gasteiger partial charge in [0.2, 0.25) is 0 Å². The molecule has 0 aliphatic carbocycles. The molecule has 0 N–H and O–H groups in total. The molecule has 0 atom stereocenters. The van der Waals surface area contributed by atoms with Crippen LogP contribution in [0.15, 0.2) is 35.4 Å². The maximum atomic E-state index is 8.85. The van der Waals surface area contributed by atoms with Crippen LogP contribution in [0.25, 0.3) is 0 Å². The highest BCUT2D eigenvalue weighted by atomic mass is 15.1. The highest BCUT2D eigenvalue weighted by Crippen LogP contribution is 2.20. The molecule has 0 unspecified atom stereocenters. The molecular weight excluding hydrogens is 222 g/mol. The molecule has 0 amide bonds. The van der Waals surface area contributed by atoms with Crippen molar-refractivity contribution in [2.45, 2.75) is 19.9 Å². The van der Waals surface area contributed by atoms with Gasteiger partial charge in [-0.2, -0.15) is 10.5 Å². The van der Waals surface area contributed by atoms with Crippen LogP contribution in [0.2, 0.25) is 0 Å². The molecule has 0 radical (unpaired) electrons. The van der Waals surface area contributed by atoms with Gasteiger partial charge in [-0.15, -0.1) is 0 Å². The van der Waals surface area contributed by atoms with Gasteiger partial charge in [0.15, 0.2) is 0 Å². The van der Waals surface area contributed by atoms with Crippen molar-refractivity contribution in [2.75, 3.05) is 13.1 Å². The van der Waals surface area contributed by atoms with E-state index in [0.717, 1.165) is 31.6 Å². The van der Waals surface area contributed by atoms with E-state index in [1.54, 1.807) is 0 Å². The van der Waals surface area contributed by atoms with Gasteiger partial charge in [-0.3, -0.25) is 4.90 Å². The minimum atomic E-state index is 0.293. The Kier molecular flexibility index (Phi) is 3.77. The third-order valence-corrected chi connectivity index (χ3v) is 3.21. The smallest absolute Gasteiger partial charge is 0.130 e. The van der Waals surface area contributed by atoms with E-state index in [0.29, 0.717) is 5.57 Å². The predicted molar refractivity (Wildman–Crippen MR) is 69.3 cm³/mol. The van der Waals surface area contributed by atoms with Gasteiger partial charge in [0.25, 0.3) is 0 Å². The Balaban J connectivity index is 2.05. The summed E-state index contributed by atoms with van der Waals surface area (Å²) in [7, 11) is 0. The van der Waals surface area contributed by atoms with Gasteiger partial charge in [-0.1, -0.05) is 29.8 Å². The van der Waals surface area contributed by atoms with Crippen LogP contribution in [-0.2, 0) is 6.54 Å². The summed E-state index contributed by atoms with van der Waals surface area (Å²) in [6.07, 6.45) is 0.836. The lowest BCUT2D eigenvalue weighted by molar-refractivity contribution is 0.337. The van der Waals surface area contributed by atoms with E-state index < -0.39 is 0 Å². The first-order valence-corrected chi connectivity index (χ1v) is 6.03. The second-order valence-electron chi connectivity index (χ2n) is 4.65. The fourth-order valence-corrected chi connectivity index (χ4v) is 2.31. The molecule has 90 valence electrons. The van der Waals surface area contributed by atoms with Crippen molar-refractivity contribution in [3.05, 3.63) is 46.5 Å². The molecular formula is C15H15N3. The Labute approximate surface area is 108 Å². The molecule has 1 saturated heterocycles. The first-order chi connectivity index (χ1) is 8.72.